The minimum absolute atomic E-state index is 0.00573. The molecular formula is C14H14FN3O2S2. The number of primary sulfonamides is 1. The standard InChI is InChI=1S/C14H14FN3O2S2/c1-9-6-7-10(8-13(9)22(16,19)20)17-14(21)18-12-5-3-2-4-11(12)15/h2-8H,1H3,(H2,16,19,20)(H2,17,18,21). The zero-order valence-electron chi connectivity index (χ0n) is 11.6. The Kier molecular flexibility index (Phi) is 4.74. The number of rotatable bonds is 3. The molecule has 0 bridgehead atoms. The van der Waals surface area contributed by atoms with Crippen LogP contribution in [-0.4, -0.2) is 13.5 Å². The van der Waals surface area contributed by atoms with Gasteiger partial charge in [-0.25, -0.2) is 17.9 Å². The lowest BCUT2D eigenvalue weighted by atomic mass is 10.2. The molecule has 0 atom stereocenters. The number of nitrogens with one attached hydrogen (secondary N) is 2. The summed E-state index contributed by atoms with van der Waals surface area (Å²) in [5, 5.41) is 10.8. The minimum Gasteiger partial charge on any atom is -0.332 e. The van der Waals surface area contributed by atoms with Crippen LogP contribution in [0.15, 0.2) is 47.4 Å². The predicted molar refractivity (Wildman–Crippen MR) is 88.8 cm³/mol. The van der Waals surface area contributed by atoms with Crippen molar-refractivity contribution in [3.05, 3.63) is 53.8 Å². The van der Waals surface area contributed by atoms with Crippen LogP contribution in [0.3, 0.4) is 0 Å². The largest absolute Gasteiger partial charge is 0.332 e. The first kappa shape index (κ1) is 16.3. The highest BCUT2D eigenvalue weighted by atomic mass is 32.2. The number of aryl methyl sites for hydroxylation is 1. The Morgan fingerprint density at radius 2 is 1.86 bits per heavy atom. The fraction of sp³-hybridized carbons (Fsp3) is 0.0714. The number of para-hydroxylation sites is 1. The monoisotopic (exact) mass is 339 g/mol. The molecule has 2 rings (SSSR count). The highest BCUT2D eigenvalue weighted by Gasteiger charge is 2.12. The predicted octanol–water partition coefficient (Wildman–Crippen LogP) is 2.59. The third-order valence-corrected chi connectivity index (χ3v) is 4.13. The van der Waals surface area contributed by atoms with Crippen LogP contribution in [0.1, 0.15) is 5.56 Å². The molecule has 0 aliphatic heterocycles. The molecule has 0 radical (unpaired) electrons. The number of halogens is 1. The number of hydrogen-bond acceptors (Lipinski definition) is 3. The molecule has 2 aromatic carbocycles. The third-order valence-electron chi connectivity index (χ3n) is 2.87. The van der Waals surface area contributed by atoms with Gasteiger partial charge in [0, 0.05) is 5.69 Å². The average Bonchev–Trinajstić information content (AvgIpc) is 2.42. The Morgan fingerprint density at radius 3 is 2.50 bits per heavy atom. The lowest BCUT2D eigenvalue weighted by molar-refractivity contribution is 0.597. The molecule has 0 saturated heterocycles. The van der Waals surface area contributed by atoms with Gasteiger partial charge in [-0.2, -0.15) is 0 Å². The zero-order valence-corrected chi connectivity index (χ0v) is 13.3. The zero-order chi connectivity index (χ0) is 16.3. The second-order valence-electron chi connectivity index (χ2n) is 4.58. The summed E-state index contributed by atoms with van der Waals surface area (Å²) >= 11 is 5.08. The van der Waals surface area contributed by atoms with E-state index in [1.54, 1.807) is 31.2 Å². The Hall–Kier alpha value is -2.03. The highest BCUT2D eigenvalue weighted by Crippen LogP contribution is 2.19. The van der Waals surface area contributed by atoms with Crippen molar-refractivity contribution in [2.24, 2.45) is 5.14 Å². The second-order valence-corrected chi connectivity index (χ2v) is 6.52. The maximum Gasteiger partial charge on any atom is 0.238 e. The van der Waals surface area contributed by atoms with Gasteiger partial charge in [0.2, 0.25) is 10.0 Å². The number of hydrogen-bond donors (Lipinski definition) is 3. The van der Waals surface area contributed by atoms with E-state index in [1.165, 1.54) is 18.2 Å². The maximum absolute atomic E-state index is 13.5. The lowest BCUT2D eigenvalue weighted by Crippen LogP contribution is -2.20. The van der Waals surface area contributed by atoms with E-state index in [9.17, 15) is 12.8 Å². The Balaban J connectivity index is 2.18. The van der Waals surface area contributed by atoms with Crippen LogP contribution in [0.25, 0.3) is 0 Å². The van der Waals surface area contributed by atoms with Crippen LogP contribution in [0, 0.1) is 12.7 Å². The molecule has 5 nitrogen and oxygen atoms in total. The quantitative estimate of drug-likeness (QED) is 0.749. The van der Waals surface area contributed by atoms with Gasteiger partial charge < -0.3 is 10.6 Å². The van der Waals surface area contributed by atoms with Crippen molar-refractivity contribution in [3.8, 4) is 0 Å². The highest BCUT2D eigenvalue weighted by molar-refractivity contribution is 7.89. The topological polar surface area (TPSA) is 84.2 Å². The molecule has 0 aliphatic carbocycles. The van der Waals surface area contributed by atoms with E-state index in [4.69, 9.17) is 17.4 Å². The maximum atomic E-state index is 13.5. The second kappa shape index (κ2) is 6.39. The van der Waals surface area contributed by atoms with Gasteiger partial charge >= 0.3 is 0 Å². The van der Waals surface area contributed by atoms with Gasteiger partial charge in [-0.15, -0.1) is 0 Å². The number of thiocarbonyl (C=S) groups is 1. The number of anilines is 2. The normalized spacial score (nSPS) is 11.0. The van der Waals surface area contributed by atoms with Gasteiger partial charge in [0.25, 0.3) is 0 Å². The van der Waals surface area contributed by atoms with Gasteiger partial charge in [0.05, 0.1) is 10.6 Å². The van der Waals surface area contributed by atoms with Crippen molar-refractivity contribution in [3.63, 3.8) is 0 Å². The summed E-state index contributed by atoms with van der Waals surface area (Å²) in [5.41, 5.74) is 1.18. The molecule has 0 spiro atoms. The van der Waals surface area contributed by atoms with E-state index in [1.807, 2.05) is 0 Å². The number of nitrogens with two attached hydrogens (primary N) is 1. The van der Waals surface area contributed by atoms with Crippen molar-refractivity contribution in [2.45, 2.75) is 11.8 Å². The van der Waals surface area contributed by atoms with E-state index >= 15 is 0 Å². The van der Waals surface area contributed by atoms with Crippen LogP contribution in [0.5, 0.6) is 0 Å². The van der Waals surface area contributed by atoms with Crippen LogP contribution in [0.4, 0.5) is 15.8 Å². The van der Waals surface area contributed by atoms with E-state index in [0.717, 1.165) is 0 Å². The van der Waals surface area contributed by atoms with E-state index < -0.39 is 15.8 Å². The minimum atomic E-state index is -3.82. The molecule has 0 aromatic heterocycles. The smallest absolute Gasteiger partial charge is 0.238 e. The third kappa shape index (κ3) is 4.00. The van der Waals surface area contributed by atoms with Crippen molar-refractivity contribution in [2.75, 3.05) is 10.6 Å². The Bertz CT molecular complexity index is 823. The summed E-state index contributed by atoms with van der Waals surface area (Å²) in [7, 11) is -3.82. The SMILES string of the molecule is Cc1ccc(NC(=S)Nc2ccccc2F)cc1S(N)(=O)=O. The number of sulfonamides is 1. The molecule has 0 saturated carbocycles. The van der Waals surface area contributed by atoms with Crippen molar-refractivity contribution >= 4 is 38.7 Å². The first-order valence-electron chi connectivity index (χ1n) is 6.23. The first-order valence-corrected chi connectivity index (χ1v) is 8.19. The molecule has 0 aliphatic rings. The van der Waals surface area contributed by atoms with E-state index in [0.29, 0.717) is 11.3 Å². The first-order chi connectivity index (χ1) is 10.3. The summed E-state index contributed by atoms with van der Waals surface area (Å²) in [4.78, 5) is 0.00573. The average molecular weight is 339 g/mol. The van der Waals surface area contributed by atoms with Crippen LogP contribution < -0.4 is 15.8 Å². The van der Waals surface area contributed by atoms with Gasteiger partial charge in [0.1, 0.15) is 5.82 Å². The van der Waals surface area contributed by atoms with Crippen molar-refractivity contribution < 1.29 is 12.8 Å². The molecule has 22 heavy (non-hydrogen) atoms. The van der Waals surface area contributed by atoms with Gasteiger partial charge in [0.15, 0.2) is 5.11 Å². The molecule has 0 unspecified atom stereocenters. The molecule has 2 aromatic rings. The van der Waals surface area contributed by atoms with Crippen LogP contribution >= 0.6 is 12.2 Å². The van der Waals surface area contributed by atoms with Crippen LogP contribution in [-0.2, 0) is 10.0 Å². The molecule has 0 heterocycles. The number of benzene rings is 2. The van der Waals surface area contributed by atoms with Crippen LogP contribution in [0.2, 0.25) is 0 Å². The molecule has 0 fully saturated rings. The van der Waals surface area contributed by atoms with Gasteiger partial charge in [-0.1, -0.05) is 18.2 Å². The molecule has 8 heteroatoms. The molecule has 0 amide bonds. The molecular weight excluding hydrogens is 325 g/mol. The van der Waals surface area contributed by atoms with Crippen molar-refractivity contribution in [1.82, 2.24) is 0 Å². The lowest BCUT2D eigenvalue weighted by Gasteiger charge is -2.12. The van der Waals surface area contributed by atoms with E-state index in [2.05, 4.69) is 10.6 Å². The summed E-state index contributed by atoms with van der Waals surface area (Å²) in [5.74, 6) is -0.444. The molecule has 116 valence electrons. The summed E-state index contributed by atoms with van der Waals surface area (Å²) in [6, 6.07) is 10.7. The van der Waals surface area contributed by atoms with Gasteiger partial charge in [-0.3, -0.25) is 0 Å². The van der Waals surface area contributed by atoms with Crippen molar-refractivity contribution in [1.29, 1.82) is 0 Å². The fourth-order valence-electron chi connectivity index (χ4n) is 1.83. The fourth-order valence-corrected chi connectivity index (χ4v) is 2.87. The summed E-state index contributed by atoms with van der Waals surface area (Å²) < 4.78 is 36.5. The molecule has 4 N–H and O–H groups in total. The Morgan fingerprint density at radius 1 is 1.18 bits per heavy atom. The summed E-state index contributed by atoms with van der Waals surface area (Å²) in [6.45, 7) is 1.64. The van der Waals surface area contributed by atoms with Gasteiger partial charge in [-0.05, 0) is 49.0 Å². The summed E-state index contributed by atoms with van der Waals surface area (Å²) in [6.07, 6.45) is 0. The Labute approximate surface area is 133 Å². The van der Waals surface area contributed by atoms with E-state index in [-0.39, 0.29) is 15.7 Å².